The van der Waals surface area contributed by atoms with Crippen molar-refractivity contribution in [3.8, 4) is 0 Å². The smallest absolute Gasteiger partial charge is 0.234 e. The number of rotatable bonds is 3. The minimum Gasteiger partial charge on any atom is -0.345 e. The highest BCUT2D eigenvalue weighted by Crippen LogP contribution is 2.12. The summed E-state index contributed by atoms with van der Waals surface area (Å²) in [5.41, 5.74) is 5.12. The number of benzene rings is 1. The normalized spacial score (nSPS) is 10.5. The average Bonchev–Trinajstić information content (AvgIpc) is 2.72. The van der Waals surface area contributed by atoms with Crippen LogP contribution in [0.25, 0.3) is 11.0 Å². The summed E-state index contributed by atoms with van der Waals surface area (Å²) in [5.74, 6) is 4.84. The Morgan fingerprint density at radius 1 is 1.53 bits per heavy atom. The molecule has 1 aromatic carbocycles. The molecule has 1 aromatic heterocycles. The van der Waals surface area contributed by atoms with Gasteiger partial charge in [-0.2, -0.15) is 0 Å². The number of hydrazine groups is 1. The average molecular weight is 204 g/mol. The number of hydrogen-bond acceptors (Lipinski definition) is 3. The van der Waals surface area contributed by atoms with E-state index in [-0.39, 0.29) is 5.91 Å². The summed E-state index contributed by atoms with van der Waals surface area (Å²) < 4.78 is 0. The molecule has 15 heavy (non-hydrogen) atoms. The molecular weight excluding hydrogens is 192 g/mol. The minimum atomic E-state index is -0.153. The van der Waals surface area contributed by atoms with Crippen molar-refractivity contribution in [1.82, 2.24) is 15.4 Å². The zero-order valence-corrected chi connectivity index (χ0v) is 8.16. The number of aryl methyl sites for hydroxylation is 1. The molecule has 0 saturated heterocycles. The predicted octanol–water partition coefficient (Wildman–Crippen LogP) is 0.485. The number of nitrogens with two attached hydrogens (primary N) is 1. The van der Waals surface area contributed by atoms with E-state index in [0.29, 0.717) is 12.8 Å². The summed E-state index contributed by atoms with van der Waals surface area (Å²) >= 11 is 0. The first-order valence-electron chi connectivity index (χ1n) is 4.71. The maximum Gasteiger partial charge on any atom is 0.234 e. The Balaban J connectivity index is 2.11. The summed E-state index contributed by atoms with van der Waals surface area (Å²) in [7, 11) is 0. The van der Waals surface area contributed by atoms with Crippen molar-refractivity contribution >= 4 is 16.9 Å². The van der Waals surface area contributed by atoms with Gasteiger partial charge in [0.15, 0.2) is 0 Å². The zero-order valence-electron chi connectivity index (χ0n) is 8.16. The lowest BCUT2D eigenvalue weighted by Crippen LogP contribution is -2.30. The van der Waals surface area contributed by atoms with Gasteiger partial charge in [0.25, 0.3) is 0 Å². The second-order valence-corrected chi connectivity index (χ2v) is 3.32. The molecule has 0 aliphatic heterocycles. The van der Waals surface area contributed by atoms with Crippen LogP contribution in [-0.2, 0) is 11.2 Å². The van der Waals surface area contributed by atoms with Crippen molar-refractivity contribution in [3.63, 3.8) is 0 Å². The molecule has 0 radical (unpaired) electrons. The number of fused-ring (bicyclic) bond motifs is 1. The number of nitrogens with one attached hydrogen (secondary N) is 2. The van der Waals surface area contributed by atoms with Crippen molar-refractivity contribution in [2.75, 3.05) is 0 Å². The van der Waals surface area contributed by atoms with Crippen LogP contribution >= 0.6 is 0 Å². The lowest BCUT2D eigenvalue weighted by atomic mass is 10.1. The molecule has 0 aliphatic carbocycles. The van der Waals surface area contributed by atoms with Gasteiger partial charge >= 0.3 is 0 Å². The Kier molecular flexibility index (Phi) is 2.64. The monoisotopic (exact) mass is 204 g/mol. The van der Waals surface area contributed by atoms with Gasteiger partial charge in [0, 0.05) is 6.42 Å². The standard InChI is InChI=1S/C10H12N4O/c11-14-10(15)4-2-7-1-3-8-9(5-7)13-6-12-8/h1,3,5-6H,2,4,11H2,(H,12,13)(H,14,15). The number of carbonyl (C=O) groups is 1. The second kappa shape index (κ2) is 4.10. The Morgan fingerprint density at radius 3 is 3.20 bits per heavy atom. The molecular formula is C10H12N4O. The minimum absolute atomic E-state index is 0.153. The molecule has 2 rings (SSSR count). The van der Waals surface area contributed by atoms with Crippen LogP contribution in [0, 0.1) is 0 Å². The molecule has 0 aliphatic rings. The van der Waals surface area contributed by atoms with Crippen LogP contribution in [-0.4, -0.2) is 15.9 Å². The van der Waals surface area contributed by atoms with E-state index in [0.717, 1.165) is 16.6 Å². The number of carbonyl (C=O) groups excluding carboxylic acids is 1. The molecule has 0 spiro atoms. The fraction of sp³-hybridized carbons (Fsp3) is 0.200. The highest BCUT2D eigenvalue weighted by molar-refractivity contribution is 5.77. The van der Waals surface area contributed by atoms with Crippen LogP contribution in [0.3, 0.4) is 0 Å². The van der Waals surface area contributed by atoms with Crippen LogP contribution in [0.4, 0.5) is 0 Å². The Bertz CT molecular complexity index is 477. The van der Waals surface area contributed by atoms with E-state index >= 15 is 0 Å². The number of aromatic nitrogens is 2. The molecule has 0 fully saturated rings. The molecule has 0 atom stereocenters. The lowest BCUT2D eigenvalue weighted by molar-refractivity contribution is -0.121. The molecule has 78 valence electrons. The fourth-order valence-electron chi connectivity index (χ4n) is 1.47. The molecule has 1 amide bonds. The largest absolute Gasteiger partial charge is 0.345 e. The first kappa shape index (κ1) is 9.67. The molecule has 0 saturated carbocycles. The molecule has 1 heterocycles. The highest BCUT2D eigenvalue weighted by atomic mass is 16.2. The van der Waals surface area contributed by atoms with E-state index in [4.69, 9.17) is 5.84 Å². The van der Waals surface area contributed by atoms with Crippen molar-refractivity contribution in [2.24, 2.45) is 5.84 Å². The van der Waals surface area contributed by atoms with Crippen molar-refractivity contribution in [1.29, 1.82) is 0 Å². The third-order valence-corrected chi connectivity index (χ3v) is 2.29. The molecule has 5 nitrogen and oxygen atoms in total. The van der Waals surface area contributed by atoms with Crippen LogP contribution in [0.2, 0.25) is 0 Å². The topological polar surface area (TPSA) is 83.8 Å². The van der Waals surface area contributed by atoms with Gasteiger partial charge in [-0.05, 0) is 24.1 Å². The van der Waals surface area contributed by atoms with Gasteiger partial charge in [-0.3, -0.25) is 10.2 Å². The summed E-state index contributed by atoms with van der Waals surface area (Å²) in [6.45, 7) is 0. The second-order valence-electron chi connectivity index (χ2n) is 3.32. The van der Waals surface area contributed by atoms with Gasteiger partial charge in [-0.15, -0.1) is 0 Å². The highest BCUT2D eigenvalue weighted by Gasteiger charge is 2.01. The fourth-order valence-corrected chi connectivity index (χ4v) is 1.47. The van der Waals surface area contributed by atoms with Gasteiger partial charge in [0.2, 0.25) is 5.91 Å². The Hall–Kier alpha value is -1.88. The van der Waals surface area contributed by atoms with Gasteiger partial charge in [-0.1, -0.05) is 6.07 Å². The maximum atomic E-state index is 10.9. The number of nitrogens with zero attached hydrogens (tertiary/aromatic N) is 1. The molecule has 4 N–H and O–H groups in total. The third kappa shape index (κ3) is 2.13. The van der Waals surface area contributed by atoms with Gasteiger partial charge < -0.3 is 4.98 Å². The van der Waals surface area contributed by atoms with E-state index in [9.17, 15) is 4.79 Å². The summed E-state index contributed by atoms with van der Waals surface area (Å²) in [6, 6.07) is 5.89. The summed E-state index contributed by atoms with van der Waals surface area (Å²) in [5, 5.41) is 0. The van der Waals surface area contributed by atoms with Gasteiger partial charge in [-0.25, -0.2) is 10.8 Å². The van der Waals surface area contributed by atoms with Crippen LogP contribution < -0.4 is 11.3 Å². The lowest BCUT2D eigenvalue weighted by Gasteiger charge is -2.00. The Labute approximate surface area is 86.7 Å². The van der Waals surface area contributed by atoms with E-state index in [1.54, 1.807) is 6.33 Å². The predicted molar refractivity (Wildman–Crippen MR) is 56.7 cm³/mol. The number of imidazole rings is 1. The van der Waals surface area contributed by atoms with E-state index in [1.165, 1.54) is 0 Å². The number of H-pyrrole nitrogens is 1. The van der Waals surface area contributed by atoms with Crippen molar-refractivity contribution in [2.45, 2.75) is 12.8 Å². The first-order chi connectivity index (χ1) is 7.29. The van der Waals surface area contributed by atoms with Gasteiger partial charge in [0.05, 0.1) is 17.4 Å². The summed E-state index contributed by atoms with van der Waals surface area (Å²) in [6.07, 6.45) is 2.73. The SMILES string of the molecule is NNC(=O)CCc1ccc2nc[nH]c2c1. The molecule has 0 unspecified atom stereocenters. The summed E-state index contributed by atoms with van der Waals surface area (Å²) in [4.78, 5) is 18.1. The van der Waals surface area contributed by atoms with Crippen molar-refractivity contribution in [3.05, 3.63) is 30.1 Å². The number of hydrogen-bond donors (Lipinski definition) is 3. The van der Waals surface area contributed by atoms with E-state index < -0.39 is 0 Å². The van der Waals surface area contributed by atoms with E-state index in [2.05, 4.69) is 15.4 Å². The maximum absolute atomic E-state index is 10.9. The van der Waals surface area contributed by atoms with Crippen LogP contribution in [0.5, 0.6) is 0 Å². The quantitative estimate of drug-likeness (QED) is 0.386. The molecule has 0 bridgehead atoms. The first-order valence-corrected chi connectivity index (χ1v) is 4.71. The number of aromatic amines is 1. The molecule has 2 aromatic rings. The van der Waals surface area contributed by atoms with Crippen LogP contribution in [0.1, 0.15) is 12.0 Å². The van der Waals surface area contributed by atoms with E-state index in [1.807, 2.05) is 18.2 Å². The van der Waals surface area contributed by atoms with Crippen LogP contribution in [0.15, 0.2) is 24.5 Å². The van der Waals surface area contributed by atoms with Crippen molar-refractivity contribution < 1.29 is 4.79 Å². The Morgan fingerprint density at radius 2 is 2.40 bits per heavy atom. The van der Waals surface area contributed by atoms with Gasteiger partial charge in [0.1, 0.15) is 0 Å². The zero-order chi connectivity index (χ0) is 10.7. The third-order valence-electron chi connectivity index (χ3n) is 2.29. The molecule has 5 heteroatoms. The number of amides is 1.